The fraction of sp³-hybridized carbons (Fsp3) is 0.647. The Morgan fingerprint density at radius 1 is 1.45 bits per heavy atom. The van der Waals surface area contributed by atoms with Crippen LogP contribution < -0.4 is 10.2 Å². The van der Waals surface area contributed by atoms with Crippen LogP contribution in [0.3, 0.4) is 0 Å². The summed E-state index contributed by atoms with van der Waals surface area (Å²) in [5, 5.41) is 3.41. The number of benzene rings is 1. The number of nitrogens with one attached hydrogen (secondary N) is 1. The van der Waals surface area contributed by atoms with Crippen molar-refractivity contribution < 1.29 is 4.39 Å². The number of aryl methyl sites for hydroxylation is 1. The molecule has 0 aliphatic carbocycles. The summed E-state index contributed by atoms with van der Waals surface area (Å²) in [4.78, 5) is 2.43. The molecule has 1 aromatic rings. The lowest BCUT2D eigenvalue weighted by molar-refractivity contribution is 0.444. The fourth-order valence-corrected chi connectivity index (χ4v) is 3.13. The van der Waals surface area contributed by atoms with Crippen LogP contribution in [0.5, 0.6) is 0 Å². The Morgan fingerprint density at radius 2 is 2.20 bits per heavy atom. The van der Waals surface area contributed by atoms with Crippen molar-refractivity contribution in [2.24, 2.45) is 5.92 Å². The Morgan fingerprint density at radius 3 is 2.85 bits per heavy atom. The molecule has 0 aromatic heterocycles. The van der Waals surface area contributed by atoms with Gasteiger partial charge in [0.1, 0.15) is 5.82 Å². The lowest BCUT2D eigenvalue weighted by Crippen LogP contribution is -2.35. The summed E-state index contributed by atoms with van der Waals surface area (Å²) < 4.78 is 14.0. The molecule has 0 bridgehead atoms. The Kier molecular flexibility index (Phi) is 5.03. The molecule has 2 nitrogen and oxygen atoms in total. The molecule has 0 saturated carbocycles. The second kappa shape index (κ2) is 6.57. The SMILES string of the molecule is CCNC(C)c1cc(F)c(C)cc1N1CCCC(C)C1. The largest absolute Gasteiger partial charge is 0.371 e. The molecule has 1 saturated heterocycles. The Labute approximate surface area is 122 Å². The topological polar surface area (TPSA) is 15.3 Å². The molecule has 1 fully saturated rings. The van der Waals surface area contributed by atoms with E-state index in [1.165, 1.54) is 18.5 Å². The molecular weight excluding hydrogens is 251 g/mol. The third-order valence-electron chi connectivity index (χ3n) is 4.28. The van der Waals surface area contributed by atoms with Crippen molar-refractivity contribution in [2.75, 3.05) is 24.5 Å². The average Bonchev–Trinajstić information content (AvgIpc) is 2.41. The van der Waals surface area contributed by atoms with Crippen LogP contribution in [0.25, 0.3) is 0 Å². The highest BCUT2D eigenvalue weighted by molar-refractivity contribution is 5.57. The van der Waals surface area contributed by atoms with E-state index in [0.717, 1.165) is 36.7 Å². The van der Waals surface area contributed by atoms with Gasteiger partial charge in [0.25, 0.3) is 0 Å². The second-order valence-electron chi connectivity index (χ2n) is 6.13. The van der Waals surface area contributed by atoms with Crippen LogP contribution in [-0.2, 0) is 0 Å². The van der Waals surface area contributed by atoms with Gasteiger partial charge in [-0.05, 0) is 62.4 Å². The van der Waals surface area contributed by atoms with Gasteiger partial charge in [-0.25, -0.2) is 4.39 Å². The smallest absolute Gasteiger partial charge is 0.126 e. The maximum atomic E-state index is 14.0. The lowest BCUT2D eigenvalue weighted by Gasteiger charge is -2.35. The van der Waals surface area contributed by atoms with Crippen molar-refractivity contribution in [1.29, 1.82) is 0 Å². The molecule has 1 aliphatic rings. The van der Waals surface area contributed by atoms with Crippen LogP contribution >= 0.6 is 0 Å². The lowest BCUT2D eigenvalue weighted by atomic mass is 9.96. The highest BCUT2D eigenvalue weighted by atomic mass is 19.1. The molecule has 1 aliphatic heterocycles. The zero-order chi connectivity index (χ0) is 14.7. The number of piperidine rings is 1. The van der Waals surface area contributed by atoms with Crippen LogP contribution in [0.4, 0.5) is 10.1 Å². The summed E-state index contributed by atoms with van der Waals surface area (Å²) in [5.41, 5.74) is 3.04. The van der Waals surface area contributed by atoms with Crippen molar-refractivity contribution in [3.05, 3.63) is 29.1 Å². The predicted octanol–water partition coefficient (Wildman–Crippen LogP) is 4.04. The van der Waals surface area contributed by atoms with E-state index >= 15 is 0 Å². The van der Waals surface area contributed by atoms with E-state index in [0.29, 0.717) is 0 Å². The van der Waals surface area contributed by atoms with E-state index in [9.17, 15) is 4.39 Å². The van der Waals surface area contributed by atoms with Gasteiger partial charge in [-0.2, -0.15) is 0 Å². The fourth-order valence-electron chi connectivity index (χ4n) is 3.13. The highest BCUT2D eigenvalue weighted by Crippen LogP contribution is 2.32. The molecule has 1 aromatic carbocycles. The van der Waals surface area contributed by atoms with Crippen molar-refractivity contribution in [3.63, 3.8) is 0 Å². The number of hydrogen-bond donors (Lipinski definition) is 1. The van der Waals surface area contributed by atoms with Crippen LogP contribution in [0.1, 0.15) is 50.8 Å². The molecule has 2 unspecified atom stereocenters. The quantitative estimate of drug-likeness (QED) is 0.894. The van der Waals surface area contributed by atoms with Crippen molar-refractivity contribution in [2.45, 2.75) is 46.6 Å². The Bertz CT molecular complexity index is 459. The van der Waals surface area contributed by atoms with Gasteiger partial charge in [0.2, 0.25) is 0 Å². The number of rotatable bonds is 4. The number of anilines is 1. The summed E-state index contributed by atoms with van der Waals surface area (Å²) >= 11 is 0. The van der Waals surface area contributed by atoms with Crippen LogP contribution in [0.15, 0.2) is 12.1 Å². The maximum Gasteiger partial charge on any atom is 0.126 e. The predicted molar refractivity (Wildman–Crippen MR) is 83.8 cm³/mol. The molecule has 2 rings (SSSR count). The van der Waals surface area contributed by atoms with Crippen molar-refractivity contribution >= 4 is 5.69 Å². The number of nitrogens with zero attached hydrogens (tertiary/aromatic N) is 1. The molecule has 112 valence electrons. The number of halogens is 1. The van der Waals surface area contributed by atoms with Crippen molar-refractivity contribution in [1.82, 2.24) is 5.32 Å². The minimum atomic E-state index is -0.0986. The summed E-state index contributed by atoms with van der Waals surface area (Å²) in [5.74, 6) is 0.620. The third kappa shape index (κ3) is 3.32. The third-order valence-corrected chi connectivity index (χ3v) is 4.28. The van der Waals surface area contributed by atoms with Crippen molar-refractivity contribution in [3.8, 4) is 0 Å². The molecule has 0 radical (unpaired) electrons. The number of hydrogen-bond acceptors (Lipinski definition) is 2. The second-order valence-corrected chi connectivity index (χ2v) is 6.13. The van der Waals surface area contributed by atoms with Gasteiger partial charge in [-0.1, -0.05) is 13.8 Å². The monoisotopic (exact) mass is 278 g/mol. The first-order valence-electron chi connectivity index (χ1n) is 7.81. The first-order valence-corrected chi connectivity index (χ1v) is 7.81. The van der Waals surface area contributed by atoms with Gasteiger partial charge in [0.05, 0.1) is 0 Å². The Balaban J connectivity index is 2.36. The van der Waals surface area contributed by atoms with E-state index in [-0.39, 0.29) is 11.9 Å². The minimum absolute atomic E-state index is 0.0986. The summed E-state index contributed by atoms with van der Waals surface area (Å²) in [6.45, 7) is 11.4. The Hall–Kier alpha value is -1.09. The van der Waals surface area contributed by atoms with Gasteiger partial charge >= 0.3 is 0 Å². The van der Waals surface area contributed by atoms with E-state index in [4.69, 9.17) is 0 Å². The average molecular weight is 278 g/mol. The van der Waals surface area contributed by atoms with Crippen LogP contribution in [0.2, 0.25) is 0 Å². The first kappa shape index (κ1) is 15.3. The zero-order valence-electron chi connectivity index (χ0n) is 13.2. The van der Waals surface area contributed by atoms with Crippen LogP contribution in [-0.4, -0.2) is 19.6 Å². The van der Waals surface area contributed by atoms with E-state index in [2.05, 4.69) is 31.0 Å². The molecule has 3 heteroatoms. The summed E-state index contributed by atoms with van der Waals surface area (Å²) in [6.07, 6.45) is 2.53. The molecule has 20 heavy (non-hydrogen) atoms. The van der Waals surface area contributed by atoms with E-state index in [1.54, 1.807) is 6.07 Å². The first-order chi connectivity index (χ1) is 9.52. The summed E-state index contributed by atoms with van der Waals surface area (Å²) in [7, 11) is 0. The van der Waals surface area contributed by atoms with Crippen LogP contribution in [0, 0.1) is 18.7 Å². The van der Waals surface area contributed by atoms with Gasteiger partial charge in [-0.3, -0.25) is 0 Å². The molecule has 0 spiro atoms. The molecule has 0 amide bonds. The minimum Gasteiger partial charge on any atom is -0.371 e. The highest BCUT2D eigenvalue weighted by Gasteiger charge is 2.22. The maximum absolute atomic E-state index is 14.0. The standard InChI is InChI=1S/C17H27FN2/c1-5-19-14(4)15-10-16(18)13(3)9-17(15)20-8-6-7-12(2)11-20/h9-10,12,14,19H,5-8,11H2,1-4H3. The normalized spacial score (nSPS) is 21.1. The van der Waals surface area contributed by atoms with Gasteiger partial charge in [0, 0.05) is 24.8 Å². The molecule has 1 heterocycles. The molecule has 2 atom stereocenters. The van der Waals surface area contributed by atoms with Gasteiger partial charge in [0.15, 0.2) is 0 Å². The van der Waals surface area contributed by atoms with Gasteiger partial charge < -0.3 is 10.2 Å². The summed E-state index contributed by atoms with van der Waals surface area (Å²) in [6, 6.07) is 3.93. The van der Waals surface area contributed by atoms with E-state index < -0.39 is 0 Å². The molecule has 1 N–H and O–H groups in total. The molecular formula is C17H27FN2. The van der Waals surface area contributed by atoms with E-state index in [1.807, 2.05) is 13.0 Å². The van der Waals surface area contributed by atoms with Gasteiger partial charge in [-0.15, -0.1) is 0 Å². The zero-order valence-corrected chi connectivity index (χ0v) is 13.2.